The molecule has 0 saturated heterocycles. The number of benzene rings is 1. The zero-order valence-corrected chi connectivity index (χ0v) is 11.8. The number of hydrogen-bond donors (Lipinski definition) is 1. The first-order chi connectivity index (χ1) is 7.50. The molecule has 1 unspecified atom stereocenters. The van der Waals surface area contributed by atoms with Crippen molar-refractivity contribution in [2.24, 2.45) is 5.92 Å². The first kappa shape index (κ1) is 13.9. The average Bonchev–Trinajstić information content (AvgIpc) is 2.22. The van der Waals surface area contributed by atoms with Crippen LogP contribution in [0.1, 0.15) is 19.4 Å². The Labute approximate surface area is 110 Å². The molecule has 0 aliphatic carbocycles. The van der Waals surface area contributed by atoms with E-state index in [1.165, 1.54) is 6.07 Å². The van der Waals surface area contributed by atoms with E-state index in [1.54, 1.807) is 12.1 Å². The van der Waals surface area contributed by atoms with Crippen molar-refractivity contribution < 1.29 is 4.39 Å². The van der Waals surface area contributed by atoms with Crippen LogP contribution in [0.25, 0.3) is 0 Å². The summed E-state index contributed by atoms with van der Waals surface area (Å²) in [6.45, 7) is 5.32. The average molecular weight is 309 g/mol. The smallest absolute Gasteiger partial charge is 0.127 e. The summed E-state index contributed by atoms with van der Waals surface area (Å²) < 4.78 is 14.2. The first-order valence-corrected chi connectivity index (χ1v) is 6.52. The molecule has 0 radical (unpaired) electrons. The van der Waals surface area contributed by atoms with Gasteiger partial charge in [-0.05, 0) is 24.1 Å². The maximum Gasteiger partial charge on any atom is 0.127 e. The highest BCUT2D eigenvalue weighted by atomic mass is 79.9. The molecule has 0 amide bonds. The lowest BCUT2D eigenvalue weighted by Crippen LogP contribution is -2.26. The Hall–Kier alpha value is -0.120. The lowest BCUT2D eigenvalue weighted by atomic mass is 10.1. The summed E-state index contributed by atoms with van der Waals surface area (Å²) >= 11 is 9.41. The Bertz CT molecular complexity index is 344. The second-order valence-electron chi connectivity index (χ2n) is 4.13. The van der Waals surface area contributed by atoms with Gasteiger partial charge in [0.15, 0.2) is 0 Å². The molecule has 0 saturated carbocycles. The highest BCUT2D eigenvalue weighted by Crippen LogP contribution is 2.15. The summed E-state index contributed by atoms with van der Waals surface area (Å²) in [5.41, 5.74) is 0.655. The lowest BCUT2D eigenvalue weighted by Gasteiger charge is -2.14. The predicted molar refractivity (Wildman–Crippen MR) is 70.3 cm³/mol. The third-order valence-electron chi connectivity index (χ3n) is 2.39. The van der Waals surface area contributed by atoms with Gasteiger partial charge in [0.05, 0.1) is 0 Å². The van der Waals surface area contributed by atoms with Crippen molar-refractivity contribution in [2.75, 3.05) is 6.54 Å². The number of hydrogen-bond acceptors (Lipinski definition) is 1. The van der Waals surface area contributed by atoms with Gasteiger partial charge >= 0.3 is 0 Å². The molecule has 1 aromatic rings. The fourth-order valence-corrected chi connectivity index (χ4v) is 1.78. The predicted octanol–water partition coefficient (Wildman–Crippen LogP) is 3.94. The number of alkyl halides is 1. The normalized spacial score (nSPS) is 13.1. The first-order valence-electron chi connectivity index (χ1n) is 5.29. The molecule has 0 spiro atoms. The Morgan fingerprint density at radius 1 is 1.44 bits per heavy atom. The Kier molecular flexibility index (Phi) is 5.73. The fraction of sp³-hybridized carbons (Fsp3) is 0.500. The van der Waals surface area contributed by atoms with Gasteiger partial charge in [-0.3, -0.25) is 0 Å². The molecule has 16 heavy (non-hydrogen) atoms. The van der Waals surface area contributed by atoms with Gasteiger partial charge in [0.25, 0.3) is 0 Å². The quantitative estimate of drug-likeness (QED) is 0.812. The summed E-state index contributed by atoms with van der Waals surface area (Å²) in [4.78, 5) is 0. The molecule has 0 aliphatic rings. The van der Waals surface area contributed by atoms with Crippen molar-refractivity contribution >= 4 is 27.5 Å². The number of rotatable bonds is 5. The third-order valence-corrected chi connectivity index (χ3v) is 3.54. The van der Waals surface area contributed by atoms with E-state index in [-0.39, 0.29) is 11.2 Å². The zero-order chi connectivity index (χ0) is 12.1. The molecule has 1 N–H and O–H groups in total. The van der Waals surface area contributed by atoms with Crippen LogP contribution in [0.4, 0.5) is 4.39 Å². The van der Waals surface area contributed by atoms with E-state index in [9.17, 15) is 4.39 Å². The minimum Gasteiger partial charge on any atom is -0.311 e. The molecule has 0 aliphatic heterocycles. The maximum atomic E-state index is 13.4. The van der Waals surface area contributed by atoms with E-state index in [0.717, 1.165) is 4.47 Å². The van der Waals surface area contributed by atoms with Crippen LogP contribution in [-0.2, 0) is 6.54 Å². The van der Waals surface area contributed by atoms with E-state index in [2.05, 4.69) is 35.1 Å². The van der Waals surface area contributed by atoms with Crippen molar-refractivity contribution in [1.29, 1.82) is 0 Å². The summed E-state index contributed by atoms with van der Waals surface area (Å²) in [6.07, 6.45) is 0. The van der Waals surface area contributed by atoms with Gasteiger partial charge in [0.2, 0.25) is 0 Å². The van der Waals surface area contributed by atoms with Crippen LogP contribution in [0.2, 0.25) is 0 Å². The molecular weight excluding hydrogens is 292 g/mol. The molecule has 0 aromatic heterocycles. The molecule has 0 fully saturated rings. The van der Waals surface area contributed by atoms with Gasteiger partial charge in [-0.25, -0.2) is 4.39 Å². The molecule has 1 nitrogen and oxygen atoms in total. The molecule has 4 heteroatoms. The Morgan fingerprint density at radius 3 is 2.75 bits per heavy atom. The van der Waals surface area contributed by atoms with Gasteiger partial charge < -0.3 is 5.32 Å². The van der Waals surface area contributed by atoms with Crippen molar-refractivity contribution in [1.82, 2.24) is 5.32 Å². The van der Waals surface area contributed by atoms with Crippen molar-refractivity contribution in [3.8, 4) is 0 Å². The van der Waals surface area contributed by atoms with Crippen molar-refractivity contribution in [3.05, 3.63) is 34.1 Å². The third kappa shape index (κ3) is 4.40. The molecular formula is C12H16BrClFN. The SMILES string of the molecule is CC(C)C(Cl)CNCc1cc(Br)ccc1F. The highest BCUT2D eigenvalue weighted by Gasteiger charge is 2.09. The van der Waals surface area contributed by atoms with Crippen molar-refractivity contribution in [2.45, 2.75) is 25.8 Å². The second-order valence-corrected chi connectivity index (χ2v) is 5.60. The largest absolute Gasteiger partial charge is 0.311 e. The minimum absolute atomic E-state index is 0.0789. The van der Waals surface area contributed by atoms with Crippen LogP contribution in [0.15, 0.2) is 22.7 Å². The molecule has 0 heterocycles. The summed E-state index contributed by atoms with van der Waals surface area (Å²) in [7, 11) is 0. The van der Waals surface area contributed by atoms with Crippen LogP contribution in [0.5, 0.6) is 0 Å². The Balaban J connectivity index is 2.45. The van der Waals surface area contributed by atoms with Gasteiger partial charge in [-0.1, -0.05) is 29.8 Å². The van der Waals surface area contributed by atoms with Gasteiger partial charge in [-0.15, -0.1) is 11.6 Å². The molecule has 1 rings (SSSR count). The summed E-state index contributed by atoms with van der Waals surface area (Å²) in [5, 5.41) is 3.24. The van der Waals surface area contributed by atoms with Gasteiger partial charge in [0.1, 0.15) is 5.82 Å². The lowest BCUT2D eigenvalue weighted by molar-refractivity contribution is 0.534. The van der Waals surface area contributed by atoms with Gasteiger partial charge in [0, 0.05) is 28.5 Å². The second kappa shape index (κ2) is 6.58. The molecule has 1 atom stereocenters. The standard InChI is InChI=1S/C12H16BrClFN/c1-8(2)11(14)7-16-6-9-5-10(13)3-4-12(9)15/h3-5,8,11,16H,6-7H2,1-2H3. The van der Waals surface area contributed by atoms with Gasteiger partial charge in [-0.2, -0.15) is 0 Å². The zero-order valence-electron chi connectivity index (χ0n) is 9.43. The van der Waals surface area contributed by atoms with E-state index in [4.69, 9.17) is 11.6 Å². The summed E-state index contributed by atoms with van der Waals surface area (Å²) in [6, 6.07) is 4.93. The fourth-order valence-electron chi connectivity index (χ4n) is 1.26. The monoisotopic (exact) mass is 307 g/mol. The van der Waals surface area contributed by atoms with Crippen LogP contribution >= 0.6 is 27.5 Å². The maximum absolute atomic E-state index is 13.4. The Morgan fingerprint density at radius 2 is 2.12 bits per heavy atom. The van der Waals surface area contributed by atoms with Crippen LogP contribution in [-0.4, -0.2) is 11.9 Å². The number of nitrogens with one attached hydrogen (secondary N) is 1. The molecule has 0 bridgehead atoms. The highest BCUT2D eigenvalue weighted by molar-refractivity contribution is 9.10. The van der Waals surface area contributed by atoms with E-state index >= 15 is 0 Å². The van der Waals surface area contributed by atoms with E-state index in [0.29, 0.717) is 24.6 Å². The minimum atomic E-state index is -0.189. The van der Waals surface area contributed by atoms with E-state index in [1.807, 2.05) is 0 Å². The van der Waals surface area contributed by atoms with Crippen LogP contribution in [0, 0.1) is 11.7 Å². The van der Waals surface area contributed by atoms with E-state index < -0.39 is 0 Å². The number of halogens is 3. The van der Waals surface area contributed by atoms with Crippen LogP contribution in [0.3, 0.4) is 0 Å². The molecule has 1 aromatic carbocycles. The topological polar surface area (TPSA) is 12.0 Å². The summed E-state index contributed by atoms with van der Waals surface area (Å²) in [5.74, 6) is 0.230. The molecule has 90 valence electrons. The van der Waals surface area contributed by atoms with Crippen LogP contribution < -0.4 is 5.32 Å². The van der Waals surface area contributed by atoms with Crippen molar-refractivity contribution in [3.63, 3.8) is 0 Å².